The Morgan fingerprint density at radius 2 is 2.07 bits per heavy atom. The van der Waals surface area contributed by atoms with Gasteiger partial charge in [-0.05, 0) is 6.42 Å². The molecule has 4 nitrogen and oxygen atoms in total. The van der Waals surface area contributed by atoms with E-state index in [0.717, 1.165) is 19.3 Å². The fourth-order valence-corrected chi connectivity index (χ4v) is 1.35. The summed E-state index contributed by atoms with van der Waals surface area (Å²) in [5.74, 6) is 0. The van der Waals surface area contributed by atoms with Gasteiger partial charge in [-0.2, -0.15) is 0 Å². The van der Waals surface area contributed by atoms with Crippen molar-refractivity contribution in [3.8, 4) is 0 Å². The smallest absolute Gasteiger partial charge is 0.409 e. The minimum atomic E-state index is -0.190. The molecule has 14 heavy (non-hydrogen) atoms. The maximum absolute atomic E-state index is 11.4. The minimum absolute atomic E-state index is 0.190. The third kappa shape index (κ3) is 3.96. The van der Waals surface area contributed by atoms with E-state index in [-0.39, 0.29) is 6.09 Å². The first kappa shape index (κ1) is 11.3. The highest BCUT2D eigenvalue weighted by atomic mass is 16.6. The molecule has 1 heterocycles. The van der Waals surface area contributed by atoms with Crippen LogP contribution < -0.4 is 0 Å². The molecule has 0 saturated carbocycles. The highest BCUT2D eigenvalue weighted by Crippen LogP contribution is 2.01. The van der Waals surface area contributed by atoms with Crippen LogP contribution in [0.3, 0.4) is 0 Å². The van der Waals surface area contributed by atoms with Gasteiger partial charge in [0.2, 0.25) is 0 Å². The molecule has 0 spiro atoms. The van der Waals surface area contributed by atoms with Crippen molar-refractivity contribution in [3.05, 3.63) is 0 Å². The van der Waals surface area contributed by atoms with Crippen molar-refractivity contribution < 1.29 is 14.3 Å². The summed E-state index contributed by atoms with van der Waals surface area (Å²) in [6.07, 6.45) is 3.04. The van der Waals surface area contributed by atoms with E-state index in [9.17, 15) is 4.79 Å². The molecule has 0 bridgehead atoms. The Hall–Kier alpha value is -0.770. The van der Waals surface area contributed by atoms with Crippen LogP contribution in [0.25, 0.3) is 0 Å². The zero-order chi connectivity index (χ0) is 10.2. The zero-order valence-electron chi connectivity index (χ0n) is 8.83. The Morgan fingerprint density at radius 1 is 1.36 bits per heavy atom. The molecule has 0 radical (unpaired) electrons. The topological polar surface area (TPSA) is 38.8 Å². The van der Waals surface area contributed by atoms with Crippen LogP contribution in [0.15, 0.2) is 0 Å². The third-order valence-electron chi connectivity index (χ3n) is 2.24. The average molecular weight is 201 g/mol. The maximum atomic E-state index is 11.4. The molecule has 0 unspecified atom stereocenters. The Kier molecular flexibility index (Phi) is 5.37. The molecule has 1 fully saturated rings. The lowest BCUT2D eigenvalue weighted by atomic mass is 10.3. The standard InChI is InChI=1S/C10H19NO3/c1-2-3-4-7-14-10(12)11-5-8-13-9-6-11/h2-9H2,1H3. The van der Waals surface area contributed by atoms with Crippen molar-refractivity contribution in [3.63, 3.8) is 0 Å². The minimum Gasteiger partial charge on any atom is -0.449 e. The van der Waals surface area contributed by atoms with Crippen molar-refractivity contribution in [2.24, 2.45) is 0 Å². The molecule has 82 valence electrons. The molecule has 0 N–H and O–H groups in total. The molecular weight excluding hydrogens is 182 g/mol. The quantitative estimate of drug-likeness (QED) is 0.649. The first-order chi connectivity index (χ1) is 6.84. The Balaban J connectivity index is 2.07. The van der Waals surface area contributed by atoms with Gasteiger partial charge in [0.15, 0.2) is 0 Å². The molecule has 0 aromatic rings. The van der Waals surface area contributed by atoms with Crippen molar-refractivity contribution in [2.75, 3.05) is 32.9 Å². The van der Waals surface area contributed by atoms with Crippen molar-refractivity contribution in [1.82, 2.24) is 4.90 Å². The fourth-order valence-electron chi connectivity index (χ4n) is 1.35. The summed E-state index contributed by atoms with van der Waals surface area (Å²) in [6.45, 7) is 5.25. The van der Waals surface area contributed by atoms with E-state index in [1.807, 2.05) is 0 Å². The molecule has 1 aliphatic heterocycles. The lowest BCUT2D eigenvalue weighted by molar-refractivity contribution is 0.0268. The second-order valence-electron chi connectivity index (χ2n) is 3.42. The Bertz CT molecular complexity index is 167. The van der Waals surface area contributed by atoms with Crippen LogP contribution in [0.4, 0.5) is 4.79 Å². The predicted molar refractivity (Wildman–Crippen MR) is 53.3 cm³/mol. The number of amides is 1. The lowest BCUT2D eigenvalue weighted by Crippen LogP contribution is -2.41. The van der Waals surface area contributed by atoms with Crippen molar-refractivity contribution >= 4 is 6.09 Å². The molecule has 0 aromatic carbocycles. The number of carbonyl (C=O) groups excluding carboxylic acids is 1. The van der Waals surface area contributed by atoms with E-state index in [2.05, 4.69) is 6.92 Å². The van der Waals surface area contributed by atoms with Gasteiger partial charge in [-0.1, -0.05) is 19.8 Å². The number of carbonyl (C=O) groups is 1. The predicted octanol–water partition coefficient (Wildman–Crippen LogP) is 1.65. The zero-order valence-corrected chi connectivity index (χ0v) is 8.83. The van der Waals surface area contributed by atoms with Crippen molar-refractivity contribution in [1.29, 1.82) is 0 Å². The number of unbranched alkanes of at least 4 members (excludes halogenated alkanes) is 2. The lowest BCUT2D eigenvalue weighted by Gasteiger charge is -2.25. The van der Waals surface area contributed by atoms with E-state index in [1.54, 1.807) is 4.90 Å². The van der Waals surface area contributed by atoms with Gasteiger partial charge >= 0.3 is 6.09 Å². The normalized spacial score (nSPS) is 16.8. The van der Waals surface area contributed by atoms with Gasteiger partial charge in [-0.15, -0.1) is 0 Å². The number of hydrogen-bond donors (Lipinski definition) is 0. The van der Waals surface area contributed by atoms with Gasteiger partial charge in [-0.25, -0.2) is 4.79 Å². The molecule has 1 saturated heterocycles. The highest BCUT2D eigenvalue weighted by molar-refractivity contribution is 5.67. The maximum Gasteiger partial charge on any atom is 0.409 e. The summed E-state index contributed by atoms with van der Waals surface area (Å²) in [7, 11) is 0. The second kappa shape index (κ2) is 6.65. The molecule has 1 amide bonds. The number of nitrogens with zero attached hydrogens (tertiary/aromatic N) is 1. The van der Waals surface area contributed by atoms with Crippen molar-refractivity contribution in [2.45, 2.75) is 26.2 Å². The molecular formula is C10H19NO3. The average Bonchev–Trinajstić information content (AvgIpc) is 2.25. The molecule has 1 rings (SSSR count). The van der Waals surface area contributed by atoms with Gasteiger partial charge in [0.25, 0.3) is 0 Å². The number of rotatable bonds is 4. The third-order valence-corrected chi connectivity index (χ3v) is 2.24. The number of ether oxygens (including phenoxy) is 2. The van der Waals surface area contributed by atoms with E-state index < -0.39 is 0 Å². The van der Waals surface area contributed by atoms with Crippen LogP contribution in [-0.2, 0) is 9.47 Å². The van der Waals surface area contributed by atoms with E-state index in [0.29, 0.717) is 32.9 Å². The number of morpholine rings is 1. The summed E-state index contributed by atoms with van der Waals surface area (Å²) < 4.78 is 10.3. The van der Waals surface area contributed by atoms with Gasteiger partial charge in [0, 0.05) is 13.1 Å². The summed E-state index contributed by atoms with van der Waals surface area (Å²) in [6, 6.07) is 0. The molecule has 0 aliphatic carbocycles. The van der Waals surface area contributed by atoms with Gasteiger partial charge in [0.1, 0.15) is 0 Å². The summed E-state index contributed by atoms with van der Waals surface area (Å²) in [4.78, 5) is 13.1. The van der Waals surface area contributed by atoms with Crippen LogP contribution in [-0.4, -0.2) is 43.9 Å². The monoisotopic (exact) mass is 201 g/mol. The van der Waals surface area contributed by atoms with E-state index in [1.165, 1.54) is 0 Å². The van der Waals surface area contributed by atoms with Gasteiger partial charge < -0.3 is 14.4 Å². The Labute approximate surface area is 85.2 Å². The molecule has 1 aliphatic rings. The fraction of sp³-hybridized carbons (Fsp3) is 0.900. The highest BCUT2D eigenvalue weighted by Gasteiger charge is 2.17. The SMILES string of the molecule is CCCCCOC(=O)N1CCOCC1. The molecule has 0 atom stereocenters. The molecule has 4 heteroatoms. The summed E-state index contributed by atoms with van der Waals surface area (Å²) >= 11 is 0. The van der Waals surface area contributed by atoms with E-state index in [4.69, 9.17) is 9.47 Å². The molecule has 0 aromatic heterocycles. The van der Waals surface area contributed by atoms with Crippen LogP contribution in [0.1, 0.15) is 26.2 Å². The van der Waals surface area contributed by atoms with Crippen LogP contribution in [0, 0.1) is 0 Å². The van der Waals surface area contributed by atoms with Gasteiger partial charge in [0.05, 0.1) is 19.8 Å². The first-order valence-corrected chi connectivity index (χ1v) is 5.34. The van der Waals surface area contributed by atoms with Gasteiger partial charge in [-0.3, -0.25) is 0 Å². The van der Waals surface area contributed by atoms with Crippen LogP contribution >= 0.6 is 0 Å². The van der Waals surface area contributed by atoms with Crippen LogP contribution in [0.5, 0.6) is 0 Å². The summed E-state index contributed by atoms with van der Waals surface area (Å²) in [5, 5.41) is 0. The number of hydrogen-bond acceptors (Lipinski definition) is 3. The first-order valence-electron chi connectivity index (χ1n) is 5.34. The largest absolute Gasteiger partial charge is 0.449 e. The summed E-state index contributed by atoms with van der Waals surface area (Å²) in [5.41, 5.74) is 0. The van der Waals surface area contributed by atoms with Crippen LogP contribution in [0.2, 0.25) is 0 Å². The Morgan fingerprint density at radius 3 is 2.71 bits per heavy atom. The second-order valence-corrected chi connectivity index (χ2v) is 3.42. The van der Waals surface area contributed by atoms with E-state index >= 15 is 0 Å².